The number of nitrogens with zero attached hydrogens (tertiary/aromatic N) is 2. The lowest BCUT2D eigenvalue weighted by Crippen LogP contribution is -2.33. The summed E-state index contributed by atoms with van der Waals surface area (Å²) in [6.07, 6.45) is 5.22. The van der Waals surface area contributed by atoms with Crippen molar-refractivity contribution in [1.29, 1.82) is 0 Å². The van der Waals surface area contributed by atoms with E-state index in [0.29, 0.717) is 12.1 Å². The Hall–Kier alpha value is -0.740. The van der Waals surface area contributed by atoms with Crippen LogP contribution in [-0.4, -0.2) is 36.1 Å². The van der Waals surface area contributed by atoms with Gasteiger partial charge in [-0.15, -0.1) is 0 Å². The fraction of sp³-hybridized carbons (Fsp3) is 0.667. The molecule has 19 heavy (non-hydrogen) atoms. The first-order chi connectivity index (χ1) is 9.08. The number of nitrogens with one attached hydrogen (secondary N) is 1. The minimum atomic E-state index is 0.509. The topological polar surface area (TPSA) is 28.2 Å². The van der Waals surface area contributed by atoms with Gasteiger partial charge in [-0.25, -0.2) is 4.98 Å². The summed E-state index contributed by atoms with van der Waals surface area (Å²) in [5.74, 6) is 2.22. The standard InChI is InChI=1S/C15H27N3S/c1-6-14(11-19-5)18(4)15-9-13(7-8-16-15)10-17-12(2)3/h7-9,12,14,17H,6,10-11H2,1-5H3. The monoisotopic (exact) mass is 281 g/mol. The predicted molar refractivity (Wildman–Crippen MR) is 87.1 cm³/mol. The highest BCUT2D eigenvalue weighted by atomic mass is 32.2. The molecule has 1 aromatic heterocycles. The average Bonchev–Trinajstić information content (AvgIpc) is 2.42. The quantitative estimate of drug-likeness (QED) is 0.792. The summed E-state index contributed by atoms with van der Waals surface area (Å²) >= 11 is 1.89. The highest BCUT2D eigenvalue weighted by Gasteiger charge is 2.14. The molecule has 1 N–H and O–H groups in total. The van der Waals surface area contributed by atoms with Gasteiger partial charge in [0.25, 0.3) is 0 Å². The van der Waals surface area contributed by atoms with Crippen molar-refractivity contribution in [3.63, 3.8) is 0 Å². The number of thioether (sulfide) groups is 1. The lowest BCUT2D eigenvalue weighted by molar-refractivity contribution is 0.588. The fourth-order valence-corrected chi connectivity index (χ4v) is 2.81. The Morgan fingerprint density at radius 1 is 1.42 bits per heavy atom. The van der Waals surface area contributed by atoms with Gasteiger partial charge in [0.1, 0.15) is 5.82 Å². The molecule has 1 unspecified atom stereocenters. The molecule has 0 aliphatic rings. The number of rotatable bonds is 8. The molecule has 1 atom stereocenters. The second kappa shape index (κ2) is 8.43. The Balaban J connectivity index is 2.73. The largest absolute Gasteiger partial charge is 0.356 e. The zero-order valence-corrected chi connectivity index (χ0v) is 13.6. The molecule has 0 aliphatic carbocycles. The zero-order chi connectivity index (χ0) is 14.3. The van der Waals surface area contributed by atoms with Gasteiger partial charge in [0.15, 0.2) is 0 Å². The minimum Gasteiger partial charge on any atom is -0.356 e. The molecule has 0 aliphatic heterocycles. The molecule has 108 valence electrons. The van der Waals surface area contributed by atoms with Crippen molar-refractivity contribution in [2.45, 2.75) is 45.8 Å². The van der Waals surface area contributed by atoms with Gasteiger partial charge in [-0.2, -0.15) is 11.8 Å². The van der Waals surface area contributed by atoms with E-state index in [2.05, 4.69) is 61.4 Å². The maximum Gasteiger partial charge on any atom is 0.128 e. The highest BCUT2D eigenvalue weighted by Crippen LogP contribution is 2.17. The van der Waals surface area contributed by atoms with Crippen LogP contribution in [0.4, 0.5) is 5.82 Å². The molecule has 0 saturated heterocycles. The van der Waals surface area contributed by atoms with Crippen LogP contribution in [0.2, 0.25) is 0 Å². The van der Waals surface area contributed by atoms with Gasteiger partial charge in [0, 0.05) is 37.6 Å². The first-order valence-corrected chi connectivity index (χ1v) is 8.38. The third-order valence-corrected chi connectivity index (χ3v) is 3.98. The lowest BCUT2D eigenvalue weighted by atomic mass is 10.2. The van der Waals surface area contributed by atoms with Gasteiger partial charge in [0.05, 0.1) is 0 Å². The van der Waals surface area contributed by atoms with Crippen LogP contribution in [-0.2, 0) is 6.54 Å². The van der Waals surface area contributed by atoms with E-state index in [0.717, 1.165) is 24.5 Å². The van der Waals surface area contributed by atoms with Crippen LogP contribution in [0.3, 0.4) is 0 Å². The van der Waals surface area contributed by atoms with Crippen LogP contribution in [0.1, 0.15) is 32.8 Å². The second-order valence-corrected chi connectivity index (χ2v) is 6.10. The summed E-state index contributed by atoms with van der Waals surface area (Å²) in [6.45, 7) is 7.47. The van der Waals surface area contributed by atoms with Crippen LogP contribution in [0.25, 0.3) is 0 Å². The van der Waals surface area contributed by atoms with Gasteiger partial charge >= 0.3 is 0 Å². The van der Waals surface area contributed by atoms with Crippen LogP contribution in [0.5, 0.6) is 0 Å². The van der Waals surface area contributed by atoms with Gasteiger partial charge in [-0.3, -0.25) is 0 Å². The van der Waals surface area contributed by atoms with Crippen LogP contribution >= 0.6 is 11.8 Å². The van der Waals surface area contributed by atoms with Gasteiger partial charge in [0.2, 0.25) is 0 Å². The van der Waals surface area contributed by atoms with E-state index < -0.39 is 0 Å². The Morgan fingerprint density at radius 3 is 2.74 bits per heavy atom. The molecule has 0 bridgehead atoms. The summed E-state index contributed by atoms with van der Waals surface area (Å²) in [7, 11) is 2.15. The summed E-state index contributed by atoms with van der Waals surface area (Å²) in [4.78, 5) is 6.81. The average molecular weight is 281 g/mol. The molecule has 1 rings (SSSR count). The van der Waals surface area contributed by atoms with E-state index in [9.17, 15) is 0 Å². The van der Waals surface area contributed by atoms with Crippen LogP contribution in [0.15, 0.2) is 18.3 Å². The van der Waals surface area contributed by atoms with Gasteiger partial charge < -0.3 is 10.2 Å². The Bertz CT molecular complexity index is 368. The number of hydrogen-bond acceptors (Lipinski definition) is 4. The highest BCUT2D eigenvalue weighted by molar-refractivity contribution is 7.98. The molecular formula is C15H27N3S. The molecule has 0 spiro atoms. The normalized spacial score (nSPS) is 12.7. The number of anilines is 1. The molecule has 0 radical (unpaired) electrons. The van der Waals surface area contributed by atoms with Crippen molar-refractivity contribution in [3.05, 3.63) is 23.9 Å². The van der Waals surface area contributed by atoms with Crippen molar-refractivity contribution < 1.29 is 0 Å². The van der Waals surface area contributed by atoms with E-state index in [-0.39, 0.29) is 0 Å². The molecule has 0 fully saturated rings. The first-order valence-electron chi connectivity index (χ1n) is 6.98. The zero-order valence-electron chi connectivity index (χ0n) is 12.8. The van der Waals surface area contributed by atoms with E-state index in [4.69, 9.17) is 0 Å². The van der Waals surface area contributed by atoms with Crippen molar-refractivity contribution >= 4 is 17.6 Å². The maximum absolute atomic E-state index is 4.51. The summed E-state index contributed by atoms with van der Waals surface area (Å²) in [6, 6.07) is 5.34. The lowest BCUT2D eigenvalue weighted by Gasteiger charge is -2.28. The first kappa shape index (κ1) is 16.3. The Kier molecular flexibility index (Phi) is 7.24. The van der Waals surface area contributed by atoms with Gasteiger partial charge in [-0.05, 0) is 30.4 Å². The molecular weight excluding hydrogens is 254 g/mol. The Labute approximate surface area is 122 Å². The van der Waals surface area contributed by atoms with Crippen molar-refractivity contribution in [3.8, 4) is 0 Å². The van der Waals surface area contributed by atoms with E-state index in [1.54, 1.807) is 0 Å². The van der Waals surface area contributed by atoms with E-state index in [1.807, 2.05) is 18.0 Å². The van der Waals surface area contributed by atoms with Crippen molar-refractivity contribution in [1.82, 2.24) is 10.3 Å². The second-order valence-electron chi connectivity index (χ2n) is 5.19. The molecule has 0 saturated carbocycles. The summed E-state index contributed by atoms with van der Waals surface area (Å²) < 4.78 is 0. The van der Waals surface area contributed by atoms with Crippen LogP contribution in [0, 0.1) is 0 Å². The molecule has 1 aromatic rings. The van der Waals surface area contributed by atoms with Crippen LogP contribution < -0.4 is 10.2 Å². The minimum absolute atomic E-state index is 0.509. The van der Waals surface area contributed by atoms with Crippen molar-refractivity contribution in [2.24, 2.45) is 0 Å². The van der Waals surface area contributed by atoms with Crippen molar-refractivity contribution in [2.75, 3.05) is 24.0 Å². The molecule has 4 heteroatoms. The van der Waals surface area contributed by atoms with Gasteiger partial charge in [-0.1, -0.05) is 20.8 Å². The fourth-order valence-electron chi connectivity index (χ4n) is 1.97. The smallest absolute Gasteiger partial charge is 0.128 e. The third kappa shape index (κ3) is 5.41. The number of pyridine rings is 1. The molecule has 3 nitrogen and oxygen atoms in total. The number of hydrogen-bond donors (Lipinski definition) is 1. The molecule has 0 aromatic carbocycles. The third-order valence-electron chi connectivity index (χ3n) is 3.26. The molecule has 0 amide bonds. The molecule has 1 heterocycles. The van der Waals surface area contributed by atoms with E-state index >= 15 is 0 Å². The summed E-state index contributed by atoms with van der Waals surface area (Å²) in [5.41, 5.74) is 1.30. The number of aromatic nitrogens is 1. The summed E-state index contributed by atoms with van der Waals surface area (Å²) in [5, 5.41) is 3.45. The van der Waals surface area contributed by atoms with E-state index in [1.165, 1.54) is 5.56 Å². The SMILES string of the molecule is CCC(CSC)N(C)c1cc(CNC(C)C)ccn1. The predicted octanol–water partition coefficient (Wildman–Crippen LogP) is 3.16. The Morgan fingerprint density at radius 2 is 2.16 bits per heavy atom. The maximum atomic E-state index is 4.51.